The van der Waals surface area contributed by atoms with Crippen LogP contribution in [0.4, 0.5) is 5.69 Å². The van der Waals surface area contributed by atoms with Crippen LogP contribution in [0.1, 0.15) is 23.6 Å². The van der Waals surface area contributed by atoms with Gasteiger partial charge in [-0.15, -0.1) is 0 Å². The van der Waals surface area contributed by atoms with Crippen LogP contribution in [0.25, 0.3) is 0 Å². The van der Waals surface area contributed by atoms with Crippen LogP contribution in [0.15, 0.2) is 47.6 Å². The lowest BCUT2D eigenvalue weighted by molar-refractivity contribution is -0.384. The van der Waals surface area contributed by atoms with E-state index in [9.17, 15) is 14.9 Å². The van der Waals surface area contributed by atoms with Crippen molar-refractivity contribution in [1.82, 2.24) is 5.43 Å². The third-order valence-electron chi connectivity index (χ3n) is 3.60. The monoisotopic (exact) mass is 341 g/mol. The van der Waals surface area contributed by atoms with Crippen LogP contribution >= 0.6 is 0 Å². The summed E-state index contributed by atoms with van der Waals surface area (Å²) in [5.74, 6) is 0.303. The van der Waals surface area contributed by atoms with Gasteiger partial charge in [-0.3, -0.25) is 14.9 Å². The van der Waals surface area contributed by atoms with Crippen molar-refractivity contribution >= 4 is 17.3 Å². The minimum absolute atomic E-state index is 0.00239. The summed E-state index contributed by atoms with van der Waals surface area (Å²) in [5, 5.41) is 14.6. The summed E-state index contributed by atoms with van der Waals surface area (Å²) >= 11 is 0. The second kappa shape index (κ2) is 8.05. The highest BCUT2D eigenvalue weighted by Crippen LogP contribution is 2.22. The Bertz CT molecular complexity index is 793. The highest BCUT2D eigenvalue weighted by Gasteiger charge is 2.08. The summed E-state index contributed by atoms with van der Waals surface area (Å²) < 4.78 is 5.55. The first-order chi connectivity index (χ1) is 11.9. The molecule has 7 nitrogen and oxygen atoms in total. The van der Waals surface area contributed by atoms with Gasteiger partial charge in [-0.1, -0.05) is 18.2 Å². The molecule has 0 atom stereocenters. The lowest BCUT2D eigenvalue weighted by atomic mass is 10.1. The molecule has 0 aliphatic rings. The van der Waals surface area contributed by atoms with E-state index >= 15 is 0 Å². The van der Waals surface area contributed by atoms with Crippen LogP contribution in [-0.4, -0.2) is 23.1 Å². The highest BCUT2D eigenvalue weighted by molar-refractivity contribution is 5.99. The van der Waals surface area contributed by atoms with Gasteiger partial charge >= 0.3 is 0 Å². The van der Waals surface area contributed by atoms with Crippen molar-refractivity contribution < 1.29 is 14.5 Å². The van der Waals surface area contributed by atoms with Crippen molar-refractivity contribution in [3.8, 4) is 5.75 Å². The number of rotatable bonds is 6. The van der Waals surface area contributed by atoms with Crippen LogP contribution in [0, 0.1) is 24.0 Å². The number of nitro groups is 1. The molecule has 0 bridgehead atoms. The average Bonchev–Trinajstić information content (AvgIpc) is 2.59. The Balaban J connectivity index is 1.94. The normalized spacial score (nSPS) is 11.1. The van der Waals surface area contributed by atoms with Gasteiger partial charge in [0.05, 0.1) is 10.6 Å². The lowest BCUT2D eigenvalue weighted by Crippen LogP contribution is -2.26. The molecular weight excluding hydrogens is 322 g/mol. The molecule has 0 fully saturated rings. The van der Waals surface area contributed by atoms with Gasteiger partial charge in [0.1, 0.15) is 5.75 Å². The fraction of sp³-hybridized carbons (Fsp3) is 0.222. The Kier molecular flexibility index (Phi) is 5.84. The molecule has 1 N–H and O–H groups in total. The molecular formula is C18H19N3O4. The first-order valence-corrected chi connectivity index (χ1v) is 7.65. The Hall–Kier alpha value is -3.22. The highest BCUT2D eigenvalue weighted by atomic mass is 16.6. The number of para-hydroxylation sites is 1. The smallest absolute Gasteiger partial charge is 0.277 e. The number of nitrogens with one attached hydrogen (secondary N) is 1. The van der Waals surface area contributed by atoms with Crippen LogP contribution in [-0.2, 0) is 4.79 Å². The second-order valence-electron chi connectivity index (χ2n) is 5.55. The number of hydrazone groups is 1. The number of hydrogen-bond acceptors (Lipinski definition) is 5. The minimum Gasteiger partial charge on any atom is -0.483 e. The van der Waals surface area contributed by atoms with E-state index in [-0.39, 0.29) is 18.2 Å². The number of ether oxygens (including phenoxy) is 1. The topological polar surface area (TPSA) is 93.8 Å². The van der Waals surface area contributed by atoms with E-state index < -0.39 is 4.92 Å². The summed E-state index contributed by atoms with van der Waals surface area (Å²) in [4.78, 5) is 22.1. The van der Waals surface area contributed by atoms with Gasteiger partial charge < -0.3 is 4.74 Å². The van der Waals surface area contributed by atoms with Gasteiger partial charge in [0.15, 0.2) is 6.61 Å². The van der Waals surface area contributed by atoms with E-state index in [4.69, 9.17) is 4.74 Å². The molecule has 2 aromatic rings. The Morgan fingerprint density at radius 2 is 1.76 bits per heavy atom. The zero-order valence-corrected chi connectivity index (χ0v) is 14.3. The standard InChI is InChI=1S/C18H19N3O4/c1-12-5-4-6-13(2)18(12)25-11-17(22)20-19-14(3)15-7-9-16(10-8-15)21(23)24/h4-10H,11H2,1-3H3,(H,20,22)/b19-14+. The maximum atomic E-state index is 11.9. The van der Waals surface area contributed by atoms with Gasteiger partial charge in [-0.05, 0) is 49.6 Å². The molecule has 2 aromatic carbocycles. The minimum atomic E-state index is -0.469. The molecule has 0 unspecified atom stereocenters. The molecule has 0 aliphatic carbocycles. The van der Waals surface area contributed by atoms with Crippen molar-refractivity contribution in [2.24, 2.45) is 5.10 Å². The predicted octanol–water partition coefficient (Wildman–Crippen LogP) is 3.13. The fourth-order valence-corrected chi connectivity index (χ4v) is 2.23. The first kappa shape index (κ1) is 18.1. The summed E-state index contributed by atoms with van der Waals surface area (Å²) in [6.07, 6.45) is 0. The first-order valence-electron chi connectivity index (χ1n) is 7.65. The Labute approximate surface area is 145 Å². The quantitative estimate of drug-likeness (QED) is 0.496. The predicted molar refractivity (Wildman–Crippen MR) is 94.9 cm³/mol. The van der Waals surface area contributed by atoms with Crippen LogP contribution in [0.2, 0.25) is 0 Å². The summed E-state index contributed by atoms with van der Waals surface area (Å²) in [7, 11) is 0. The van der Waals surface area contributed by atoms with Crippen molar-refractivity contribution in [3.05, 3.63) is 69.3 Å². The molecule has 25 heavy (non-hydrogen) atoms. The number of non-ortho nitro benzene ring substituents is 1. The van der Waals surface area contributed by atoms with Crippen LogP contribution < -0.4 is 10.2 Å². The third-order valence-corrected chi connectivity index (χ3v) is 3.60. The Morgan fingerprint density at radius 3 is 2.32 bits per heavy atom. The zero-order valence-electron chi connectivity index (χ0n) is 14.3. The van der Waals surface area contributed by atoms with E-state index in [1.165, 1.54) is 12.1 Å². The molecule has 2 rings (SSSR count). The zero-order chi connectivity index (χ0) is 18.4. The second-order valence-corrected chi connectivity index (χ2v) is 5.55. The van der Waals surface area contributed by atoms with Crippen molar-refractivity contribution in [3.63, 3.8) is 0 Å². The number of amides is 1. The van der Waals surface area contributed by atoms with Gasteiger partial charge in [-0.25, -0.2) is 5.43 Å². The molecule has 0 saturated heterocycles. The third kappa shape index (κ3) is 4.87. The molecule has 1 amide bonds. The summed E-state index contributed by atoms with van der Waals surface area (Å²) in [6, 6.07) is 11.7. The largest absolute Gasteiger partial charge is 0.483 e. The van der Waals surface area contributed by atoms with Crippen LogP contribution in [0.3, 0.4) is 0 Å². The molecule has 0 heterocycles. The van der Waals surface area contributed by atoms with Gasteiger partial charge in [0.25, 0.3) is 11.6 Å². The van der Waals surface area contributed by atoms with E-state index in [0.717, 1.165) is 11.1 Å². The van der Waals surface area contributed by atoms with Crippen molar-refractivity contribution in [2.45, 2.75) is 20.8 Å². The maximum Gasteiger partial charge on any atom is 0.277 e. The van der Waals surface area contributed by atoms with Gasteiger partial charge in [-0.2, -0.15) is 5.10 Å². The van der Waals surface area contributed by atoms with E-state index in [0.29, 0.717) is 17.0 Å². The van der Waals surface area contributed by atoms with E-state index in [1.807, 2.05) is 32.0 Å². The van der Waals surface area contributed by atoms with Gasteiger partial charge in [0, 0.05) is 12.1 Å². The van der Waals surface area contributed by atoms with Crippen molar-refractivity contribution in [2.75, 3.05) is 6.61 Å². The van der Waals surface area contributed by atoms with Gasteiger partial charge in [0.2, 0.25) is 0 Å². The summed E-state index contributed by atoms with van der Waals surface area (Å²) in [6.45, 7) is 5.38. The maximum absolute atomic E-state index is 11.9. The number of benzene rings is 2. The number of carbonyl (C=O) groups is 1. The Morgan fingerprint density at radius 1 is 1.16 bits per heavy atom. The molecule has 0 radical (unpaired) electrons. The summed E-state index contributed by atoms with van der Waals surface area (Å²) in [5.41, 5.74) is 5.55. The molecule has 0 aromatic heterocycles. The SMILES string of the molecule is C/C(=N\NC(=O)COc1c(C)cccc1C)c1ccc([N+](=O)[O-])cc1. The molecule has 130 valence electrons. The lowest BCUT2D eigenvalue weighted by Gasteiger charge is -2.11. The number of aryl methyl sites for hydroxylation is 2. The number of hydrogen-bond donors (Lipinski definition) is 1. The molecule has 0 saturated carbocycles. The number of carbonyl (C=O) groups excluding carboxylic acids is 1. The number of nitro benzene ring substituents is 1. The molecule has 7 heteroatoms. The average molecular weight is 341 g/mol. The van der Waals surface area contributed by atoms with Crippen molar-refractivity contribution in [1.29, 1.82) is 0 Å². The fourth-order valence-electron chi connectivity index (χ4n) is 2.23. The molecule has 0 aliphatic heterocycles. The molecule has 0 spiro atoms. The van der Waals surface area contributed by atoms with E-state index in [2.05, 4.69) is 10.5 Å². The van der Waals surface area contributed by atoms with Crippen LogP contribution in [0.5, 0.6) is 5.75 Å². The van der Waals surface area contributed by atoms with E-state index in [1.54, 1.807) is 19.1 Å². The number of nitrogens with zero attached hydrogens (tertiary/aromatic N) is 2.